The molecule has 1 aliphatic heterocycles. The van der Waals surface area contributed by atoms with Crippen LogP contribution in [0, 0.1) is 0 Å². The highest BCUT2D eigenvalue weighted by molar-refractivity contribution is 14.0. The average Bonchev–Trinajstić information content (AvgIpc) is 2.74. The van der Waals surface area contributed by atoms with Crippen molar-refractivity contribution in [1.82, 2.24) is 15.5 Å². The van der Waals surface area contributed by atoms with Gasteiger partial charge >= 0.3 is 6.09 Å². The fraction of sp³-hybridized carbons (Fsp3) is 0.619. The molecule has 30 heavy (non-hydrogen) atoms. The van der Waals surface area contributed by atoms with E-state index in [0.29, 0.717) is 39.5 Å². The number of carbonyl (C=O) groups excluding carboxylic acids is 1. The standard InChI is InChI=1S/C21H34N4O4.HI/c1-4-22-20(24-18-10-12-25(13-11-18)21(26)28-5-2)23-16-17-6-8-19(9-7-17)29-15-14-27-3;/h6-9,18H,4-5,10-16H2,1-3H3,(H2,22,23,24);1H. The number of hydrogen-bond donors (Lipinski definition) is 2. The van der Waals surface area contributed by atoms with E-state index in [1.54, 1.807) is 12.0 Å². The first-order chi connectivity index (χ1) is 14.2. The van der Waals surface area contributed by atoms with E-state index in [1.807, 2.05) is 38.1 Å². The molecule has 2 rings (SSSR count). The van der Waals surface area contributed by atoms with Crippen molar-refractivity contribution in [3.63, 3.8) is 0 Å². The van der Waals surface area contributed by atoms with Crippen molar-refractivity contribution in [2.24, 2.45) is 4.99 Å². The summed E-state index contributed by atoms with van der Waals surface area (Å²) in [5, 5.41) is 6.78. The summed E-state index contributed by atoms with van der Waals surface area (Å²) in [4.78, 5) is 18.3. The Morgan fingerprint density at radius 1 is 1.17 bits per heavy atom. The molecule has 0 aromatic heterocycles. The number of amides is 1. The third-order valence-corrected chi connectivity index (χ3v) is 4.61. The summed E-state index contributed by atoms with van der Waals surface area (Å²) in [5.41, 5.74) is 1.11. The van der Waals surface area contributed by atoms with Crippen LogP contribution in [0.2, 0.25) is 0 Å². The Bertz CT molecular complexity index is 634. The van der Waals surface area contributed by atoms with Crippen molar-refractivity contribution in [2.75, 3.05) is 46.6 Å². The lowest BCUT2D eigenvalue weighted by Crippen LogP contribution is -2.49. The van der Waals surface area contributed by atoms with E-state index >= 15 is 0 Å². The molecule has 2 N–H and O–H groups in total. The summed E-state index contributed by atoms with van der Waals surface area (Å²) < 4.78 is 15.6. The number of piperidine rings is 1. The predicted octanol–water partition coefficient (Wildman–Crippen LogP) is 3.01. The lowest BCUT2D eigenvalue weighted by atomic mass is 10.1. The van der Waals surface area contributed by atoms with Gasteiger partial charge in [-0.05, 0) is 44.4 Å². The first kappa shape index (κ1) is 26.3. The van der Waals surface area contributed by atoms with Crippen molar-refractivity contribution in [1.29, 1.82) is 0 Å². The van der Waals surface area contributed by atoms with Crippen LogP contribution in [0.5, 0.6) is 5.75 Å². The van der Waals surface area contributed by atoms with E-state index < -0.39 is 0 Å². The molecule has 8 nitrogen and oxygen atoms in total. The number of guanidine groups is 1. The van der Waals surface area contributed by atoms with Gasteiger partial charge in [0.05, 0.1) is 19.8 Å². The zero-order valence-electron chi connectivity index (χ0n) is 18.2. The van der Waals surface area contributed by atoms with Gasteiger partial charge in [0.15, 0.2) is 5.96 Å². The molecule has 0 bridgehead atoms. The molecule has 0 radical (unpaired) electrons. The van der Waals surface area contributed by atoms with Gasteiger partial charge in [0.25, 0.3) is 0 Å². The van der Waals surface area contributed by atoms with Crippen molar-refractivity contribution in [3.05, 3.63) is 29.8 Å². The quantitative estimate of drug-likeness (QED) is 0.220. The third-order valence-electron chi connectivity index (χ3n) is 4.61. The summed E-state index contributed by atoms with van der Waals surface area (Å²) in [7, 11) is 1.66. The Morgan fingerprint density at radius 2 is 1.87 bits per heavy atom. The van der Waals surface area contributed by atoms with E-state index in [4.69, 9.17) is 19.2 Å². The molecule has 1 heterocycles. The lowest BCUT2D eigenvalue weighted by molar-refractivity contribution is 0.0963. The highest BCUT2D eigenvalue weighted by Crippen LogP contribution is 2.14. The maximum atomic E-state index is 11.8. The van der Waals surface area contributed by atoms with Crippen molar-refractivity contribution >= 4 is 36.0 Å². The summed E-state index contributed by atoms with van der Waals surface area (Å²) >= 11 is 0. The van der Waals surface area contributed by atoms with Crippen LogP contribution in [0.3, 0.4) is 0 Å². The molecule has 1 saturated heterocycles. The topological polar surface area (TPSA) is 84.4 Å². The number of halogens is 1. The second kappa shape index (κ2) is 15.1. The summed E-state index contributed by atoms with van der Waals surface area (Å²) in [6, 6.07) is 8.23. The molecule has 9 heteroatoms. The predicted molar refractivity (Wildman–Crippen MR) is 129 cm³/mol. The van der Waals surface area contributed by atoms with Gasteiger partial charge in [-0.3, -0.25) is 0 Å². The number of ether oxygens (including phenoxy) is 3. The van der Waals surface area contributed by atoms with Crippen LogP contribution in [0.15, 0.2) is 29.3 Å². The third kappa shape index (κ3) is 9.38. The van der Waals surface area contributed by atoms with Gasteiger partial charge < -0.3 is 29.7 Å². The van der Waals surface area contributed by atoms with Gasteiger partial charge in [0, 0.05) is 32.8 Å². The molecule has 1 amide bonds. The molecule has 0 atom stereocenters. The number of aliphatic imine (C=N–C) groups is 1. The second-order valence-corrected chi connectivity index (χ2v) is 6.78. The number of nitrogens with zero attached hydrogens (tertiary/aromatic N) is 2. The smallest absolute Gasteiger partial charge is 0.409 e. The summed E-state index contributed by atoms with van der Waals surface area (Å²) in [6.45, 7) is 8.16. The summed E-state index contributed by atoms with van der Waals surface area (Å²) in [5.74, 6) is 1.62. The second-order valence-electron chi connectivity index (χ2n) is 6.78. The molecule has 1 aromatic carbocycles. The van der Waals surface area contributed by atoms with Gasteiger partial charge in [-0.15, -0.1) is 24.0 Å². The van der Waals surface area contributed by atoms with Gasteiger partial charge in [-0.25, -0.2) is 9.79 Å². The lowest BCUT2D eigenvalue weighted by Gasteiger charge is -2.32. The van der Waals surface area contributed by atoms with Crippen LogP contribution in [0.1, 0.15) is 32.3 Å². The zero-order valence-corrected chi connectivity index (χ0v) is 20.5. The number of hydrogen-bond acceptors (Lipinski definition) is 5. The van der Waals surface area contributed by atoms with Gasteiger partial charge in [0.2, 0.25) is 0 Å². The van der Waals surface area contributed by atoms with Gasteiger partial charge in [0.1, 0.15) is 12.4 Å². The Morgan fingerprint density at radius 3 is 2.47 bits per heavy atom. The summed E-state index contributed by atoms with van der Waals surface area (Å²) in [6.07, 6.45) is 1.52. The first-order valence-corrected chi connectivity index (χ1v) is 10.3. The largest absolute Gasteiger partial charge is 0.491 e. The van der Waals surface area contributed by atoms with E-state index in [-0.39, 0.29) is 36.1 Å². The van der Waals surface area contributed by atoms with Crippen molar-refractivity contribution < 1.29 is 19.0 Å². The Labute approximate surface area is 196 Å². The van der Waals surface area contributed by atoms with Crippen molar-refractivity contribution in [3.8, 4) is 5.75 Å². The molecule has 170 valence electrons. The highest BCUT2D eigenvalue weighted by Gasteiger charge is 2.24. The average molecular weight is 534 g/mol. The van der Waals surface area contributed by atoms with Crippen LogP contribution < -0.4 is 15.4 Å². The molecule has 1 fully saturated rings. The zero-order chi connectivity index (χ0) is 20.9. The minimum atomic E-state index is -0.221. The van der Waals surface area contributed by atoms with Gasteiger partial charge in [-0.2, -0.15) is 0 Å². The van der Waals surface area contributed by atoms with Crippen LogP contribution >= 0.6 is 24.0 Å². The Hall–Kier alpha value is -1.75. The van der Waals surface area contributed by atoms with E-state index in [2.05, 4.69) is 10.6 Å². The van der Waals surface area contributed by atoms with Crippen LogP contribution in [0.4, 0.5) is 4.79 Å². The minimum Gasteiger partial charge on any atom is -0.491 e. The molecule has 0 spiro atoms. The number of likely N-dealkylation sites (tertiary alicyclic amines) is 1. The fourth-order valence-corrected chi connectivity index (χ4v) is 3.04. The molecular formula is C21H35IN4O4. The van der Waals surface area contributed by atoms with Crippen LogP contribution in [-0.2, 0) is 16.0 Å². The fourth-order valence-electron chi connectivity index (χ4n) is 3.04. The maximum Gasteiger partial charge on any atom is 0.409 e. The Kier molecular flexibility index (Phi) is 13.2. The normalized spacial score (nSPS) is 14.6. The highest BCUT2D eigenvalue weighted by atomic mass is 127. The molecule has 0 unspecified atom stereocenters. The number of nitrogens with one attached hydrogen (secondary N) is 2. The van der Waals surface area contributed by atoms with Crippen LogP contribution in [-0.4, -0.2) is 69.6 Å². The maximum absolute atomic E-state index is 11.8. The Balaban J connectivity index is 0.00000450. The number of carbonyl (C=O) groups is 1. The van der Waals surface area contributed by atoms with E-state index in [9.17, 15) is 4.79 Å². The molecular weight excluding hydrogens is 499 g/mol. The first-order valence-electron chi connectivity index (χ1n) is 10.3. The van der Waals surface area contributed by atoms with Crippen molar-refractivity contribution in [2.45, 2.75) is 39.3 Å². The number of rotatable bonds is 9. The van der Waals surface area contributed by atoms with E-state index in [0.717, 1.165) is 36.7 Å². The molecule has 0 saturated carbocycles. The van der Waals surface area contributed by atoms with Crippen LogP contribution in [0.25, 0.3) is 0 Å². The minimum absolute atomic E-state index is 0. The molecule has 1 aromatic rings. The molecule has 1 aliphatic rings. The SMILES string of the molecule is CCNC(=NCc1ccc(OCCOC)cc1)NC1CCN(C(=O)OCC)CC1.I. The van der Waals surface area contributed by atoms with Gasteiger partial charge in [-0.1, -0.05) is 12.1 Å². The number of benzene rings is 1. The van der Waals surface area contributed by atoms with E-state index in [1.165, 1.54) is 0 Å². The molecule has 0 aliphatic carbocycles. The number of methoxy groups -OCH3 is 1. The monoisotopic (exact) mass is 534 g/mol.